The summed E-state index contributed by atoms with van der Waals surface area (Å²) >= 11 is 0. The van der Waals surface area contributed by atoms with Crippen molar-refractivity contribution < 1.29 is 0 Å². The van der Waals surface area contributed by atoms with Crippen molar-refractivity contribution in [3.63, 3.8) is 0 Å². The minimum Gasteiger partial charge on any atom is -0.316 e. The van der Waals surface area contributed by atoms with E-state index in [-0.39, 0.29) is 0 Å². The van der Waals surface area contributed by atoms with Crippen molar-refractivity contribution in [3.05, 3.63) is 0 Å². The summed E-state index contributed by atoms with van der Waals surface area (Å²) in [6.07, 6.45) is 3.77. The summed E-state index contributed by atoms with van der Waals surface area (Å²) in [6, 6.07) is 0. The topological polar surface area (TPSA) is 18.5 Å². The maximum absolute atomic E-state index is 3.67. The average Bonchev–Trinajstić information content (AvgIpc) is 2.36. The lowest BCUT2D eigenvalue weighted by atomic mass is 9.81. The van der Waals surface area contributed by atoms with E-state index in [1.165, 1.54) is 38.9 Å². The molecule has 0 saturated carbocycles. The number of nitrogens with one attached hydrogen (secondary N) is 1. The summed E-state index contributed by atoms with van der Waals surface area (Å²) in [7, 11) is 6.58. The van der Waals surface area contributed by atoms with Crippen molar-refractivity contribution in [1.82, 2.24) is 15.1 Å². The summed E-state index contributed by atoms with van der Waals surface area (Å²) < 4.78 is 0. The van der Waals surface area contributed by atoms with Crippen molar-refractivity contribution in [2.75, 3.05) is 53.9 Å². The molecule has 0 aliphatic rings. The lowest BCUT2D eigenvalue weighted by Crippen LogP contribution is -2.43. The Labute approximate surface area is 128 Å². The van der Waals surface area contributed by atoms with Crippen LogP contribution >= 0.6 is 0 Å². The van der Waals surface area contributed by atoms with E-state index in [1.54, 1.807) is 0 Å². The fraction of sp³-hybridized carbons (Fsp3) is 1.00. The standard InChI is InChI=1S/C17H39N3/c1-8-17(9-2,14-18-13-16(3)4)15-20(7)12-10-11-19(5)6/h16,18H,8-15H2,1-7H3. The number of hydrogen-bond donors (Lipinski definition) is 1. The quantitative estimate of drug-likeness (QED) is 0.595. The third-order valence-electron chi connectivity index (χ3n) is 4.30. The zero-order chi connectivity index (χ0) is 15.6. The SMILES string of the molecule is CCC(CC)(CNCC(C)C)CN(C)CCCN(C)C. The van der Waals surface area contributed by atoms with Crippen molar-refractivity contribution in [2.24, 2.45) is 11.3 Å². The van der Waals surface area contributed by atoms with Crippen LogP contribution in [0.4, 0.5) is 0 Å². The van der Waals surface area contributed by atoms with Crippen molar-refractivity contribution in [2.45, 2.75) is 47.0 Å². The van der Waals surface area contributed by atoms with Gasteiger partial charge >= 0.3 is 0 Å². The van der Waals surface area contributed by atoms with Gasteiger partial charge in [0.05, 0.1) is 0 Å². The molecule has 0 aliphatic carbocycles. The van der Waals surface area contributed by atoms with Gasteiger partial charge in [-0.3, -0.25) is 0 Å². The Morgan fingerprint density at radius 3 is 2.05 bits per heavy atom. The Bertz CT molecular complexity index is 222. The van der Waals surface area contributed by atoms with E-state index in [1.807, 2.05) is 0 Å². The first-order valence-electron chi connectivity index (χ1n) is 8.39. The lowest BCUT2D eigenvalue weighted by molar-refractivity contribution is 0.150. The summed E-state index contributed by atoms with van der Waals surface area (Å²) in [5.74, 6) is 0.735. The highest BCUT2D eigenvalue weighted by atomic mass is 15.1. The van der Waals surface area contributed by atoms with Gasteiger partial charge in [0, 0.05) is 13.1 Å². The van der Waals surface area contributed by atoms with Gasteiger partial charge in [0.25, 0.3) is 0 Å². The second-order valence-corrected chi connectivity index (χ2v) is 7.13. The summed E-state index contributed by atoms with van der Waals surface area (Å²) in [6.45, 7) is 15.1. The maximum atomic E-state index is 3.67. The van der Waals surface area contributed by atoms with Gasteiger partial charge in [0.1, 0.15) is 0 Å². The van der Waals surface area contributed by atoms with Crippen LogP contribution < -0.4 is 5.32 Å². The fourth-order valence-electron chi connectivity index (χ4n) is 2.71. The van der Waals surface area contributed by atoms with Crippen LogP contribution in [-0.2, 0) is 0 Å². The van der Waals surface area contributed by atoms with Crippen LogP contribution in [-0.4, -0.2) is 63.7 Å². The highest BCUT2D eigenvalue weighted by molar-refractivity contribution is 4.82. The molecule has 0 atom stereocenters. The van der Waals surface area contributed by atoms with Crippen LogP contribution in [0, 0.1) is 11.3 Å². The van der Waals surface area contributed by atoms with E-state index in [2.05, 4.69) is 64.0 Å². The molecule has 3 heteroatoms. The second kappa shape index (κ2) is 10.6. The van der Waals surface area contributed by atoms with Gasteiger partial charge in [-0.05, 0) is 71.4 Å². The van der Waals surface area contributed by atoms with Crippen LogP contribution in [0.2, 0.25) is 0 Å². The molecule has 0 aromatic rings. The minimum absolute atomic E-state index is 0.432. The monoisotopic (exact) mass is 285 g/mol. The van der Waals surface area contributed by atoms with Crippen molar-refractivity contribution >= 4 is 0 Å². The molecule has 0 rings (SSSR count). The normalized spacial score (nSPS) is 12.9. The molecule has 0 aromatic heterocycles. The third kappa shape index (κ3) is 8.93. The first-order valence-corrected chi connectivity index (χ1v) is 8.39. The Kier molecular flexibility index (Phi) is 10.5. The summed E-state index contributed by atoms with van der Waals surface area (Å²) in [5, 5.41) is 3.67. The van der Waals surface area contributed by atoms with E-state index >= 15 is 0 Å². The van der Waals surface area contributed by atoms with E-state index in [0.29, 0.717) is 5.41 Å². The van der Waals surface area contributed by atoms with Crippen LogP contribution in [0.15, 0.2) is 0 Å². The molecule has 0 aromatic carbocycles. The van der Waals surface area contributed by atoms with Crippen LogP contribution in [0.3, 0.4) is 0 Å². The molecule has 0 spiro atoms. The molecular weight excluding hydrogens is 246 g/mol. The van der Waals surface area contributed by atoms with Crippen molar-refractivity contribution in [3.8, 4) is 0 Å². The van der Waals surface area contributed by atoms with Crippen LogP contribution in [0.1, 0.15) is 47.0 Å². The first-order chi connectivity index (χ1) is 9.35. The van der Waals surface area contributed by atoms with E-state index in [9.17, 15) is 0 Å². The van der Waals surface area contributed by atoms with Gasteiger partial charge in [0.2, 0.25) is 0 Å². The number of hydrogen-bond acceptors (Lipinski definition) is 3. The highest BCUT2D eigenvalue weighted by Gasteiger charge is 2.27. The molecule has 20 heavy (non-hydrogen) atoms. The van der Waals surface area contributed by atoms with Gasteiger partial charge < -0.3 is 15.1 Å². The molecule has 0 amide bonds. The van der Waals surface area contributed by atoms with Gasteiger partial charge in [-0.25, -0.2) is 0 Å². The molecule has 0 radical (unpaired) electrons. The van der Waals surface area contributed by atoms with Gasteiger partial charge in [-0.15, -0.1) is 0 Å². The Hall–Kier alpha value is -0.120. The van der Waals surface area contributed by atoms with Crippen LogP contribution in [0.25, 0.3) is 0 Å². The molecule has 0 saturated heterocycles. The highest BCUT2D eigenvalue weighted by Crippen LogP contribution is 2.26. The summed E-state index contributed by atoms with van der Waals surface area (Å²) in [4.78, 5) is 4.79. The molecule has 0 fully saturated rings. The lowest BCUT2D eigenvalue weighted by Gasteiger charge is -2.36. The molecule has 0 unspecified atom stereocenters. The number of nitrogens with zero attached hydrogens (tertiary/aromatic N) is 2. The third-order valence-corrected chi connectivity index (χ3v) is 4.30. The molecule has 122 valence electrons. The predicted octanol–water partition coefficient (Wildman–Crippen LogP) is 2.92. The largest absolute Gasteiger partial charge is 0.316 e. The Balaban J connectivity index is 4.21. The first kappa shape index (κ1) is 19.9. The smallest absolute Gasteiger partial charge is 0.00469 e. The molecule has 0 heterocycles. The average molecular weight is 286 g/mol. The Morgan fingerprint density at radius 1 is 1.00 bits per heavy atom. The van der Waals surface area contributed by atoms with E-state index in [4.69, 9.17) is 0 Å². The molecule has 0 bridgehead atoms. The molecular formula is C17H39N3. The zero-order valence-electron chi connectivity index (χ0n) is 15.1. The molecule has 3 nitrogen and oxygen atoms in total. The molecule has 1 N–H and O–H groups in total. The van der Waals surface area contributed by atoms with Gasteiger partial charge in [0.15, 0.2) is 0 Å². The van der Waals surface area contributed by atoms with Gasteiger partial charge in [-0.1, -0.05) is 27.7 Å². The van der Waals surface area contributed by atoms with Gasteiger partial charge in [-0.2, -0.15) is 0 Å². The van der Waals surface area contributed by atoms with Crippen molar-refractivity contribution in [1.29, 1.82) is 0 Å². The number of rotatable bonds is 12. The Morgan fingerprint density at radius 2 is 1.60 bits per heavy atom. The van der Waals surface area contributed by atoms with Crippen LogP contribution in [0.5, 0.6) is 0 Å². The van der Waals surface area contributed by atoms with E-state index in [0.717, 1.165) is 19.0 Å². The zero-order valence-corrected chi connectivity index (χ0v) is 15.1. The molecule has 0 aliphatic heterocycles. The second-order valence-electron chi connectivity index (χ2n) is 7.13. The van der Waals surface area contributed by atoms with E-state index < -0.39 is 0 Å². The minimum atomic E-state index is 0.432. The fourth-order valence-corrected chi connectivity index (χ4v) is 2.71. The maximum Gasteiger partial charge on any atom is 0.00469 e. The summed E-state index contributed by atoms with van der Waals surface area (Å²) in [5.41, 5.74) is 0.432. The predicted molar refractivity (Wildman–Crippen MR) is 91.4 cm³/mol.